The first kappa shape index (κ1) is 21.5. The van der Waals surface area contributed by atoms with Crippen molar-refractivity contribution in [1.82, 2.24) is 14.1 Å². The van der Waals surface area contributed by atoms with E-state index in [1.54, 1.807) is 15.9 Å². The molecule has 2 heterocycles. The molecule has 0 saturated carbocycles. The quantitative estimate of drug-likeness (QED) is 0.678. The molecular weight excluding hydrogens is 398 g/mol. The summed E-state index contributed by atoms with van der Waals surface area (Å²) in [5.41, 5.74) is 0.269. The number of rotatable bonds is 5. The van der Waals surface area contributed by atoms with Crippen molar-refractivity contribution in [2.45, 2.75) is 23.8 Å². The Morgan fingerprint density at radius 1 is 1.14 bits per heavy atom. The molecule has 2 fully saturated rings. The van der Waals surface area contributed by atoms with Gasteiger partial charge in [-0.3, -0.25) is 9.59 Å². The summed E-state index contributed by atoms with van der Waals surface area (Å²) in [6.07, 6.45) is 1.27. The van der Waals surface area contributed by atoms with Gasteiger partial charge in [0.25, 0.3) is 11.8 Å². The number of amides is 2. The summed E-state index contributed by atoms with van der Waals surface area (Å²) in [5.74, 6) is -0.104. The lowest BCUT2D eigenvalue weighted by atomic mass is 10.1. The van der Waals surface area contributed by atoms with Crippen molar-refractivity contribution in [2.24, 2.45) is 0 Å². The van der Waals surface area contributed by atoms with E-state index in [1.807, 2.05) is 0 Å². The van der Waals surface area contributed by atoms with Crippen molar-refractivity contribution in [1.29, 1.82) is 0 Å². The van der Waals surface area contributed by atoms with Gasteiger partial charge in [0.1, 0.15) is 16.7 Å². The molecule has 2 amide bonds. The third-order valence-electron chi connectivity index (χ3n) is 5.25. The molecule has 0 bridgehead atoms. The second-order valence-corrected chi connectivity index (χ2v) is 9.39. The number of hydrogen-bond acceptors (Lipinski definition) is 6. The van der Waals surface area contributed by atoms with Gasteiger partial charge in [0.05, 0.1) is 7.11 Å². The summed E-state index contributed by atoms with van der Waals surface area (Å²) in [6, 6.07) is 4.39. The van der Waals surface area contributed by atoms with Crippen LogP contribution in [0.25, 0.3) is 0 Å². The van der Waals surface area contributed by atoms with Crippen molar-refractivity contribution in [3.63, 3.8) is 0 Å². The number of ether oxygens (including phenoxy) is 2. The summed E-state index contributed by atoms with van der Waals surface area (Å²) in [5, 5.41) is 0. The van der Waals surface area contributed by atoms with E-state index in [1.165, 1.54) is 33.3 Å². The highest BCUT2D eigenvalue weighted by Gasteiger charge is 2.32. The summed E-state index contributed by atoms with van der Waals surface area (Å²) in [7, 11) is 0.468. The molecule has 2 aliphatic rings. The van der Waals surface area contributed by atoms with Crippen molar-refractivity contribution >= 4 is 21.8 Å². The van der Waals surface area contributed by atoms with Crippen LogP contribution in [0.15, 0.2) is 23.1 Å². The highest BCUT2D eigenvalue weighted by atomic mass is 32.2. The molecule has 2 aliphatic heterocycles. The van der Waals surface area contributed by atoms with Crippen LogP contribution in [0.1, 0.15) is 23.2 Å². The smallest absolute Gasteiger partial charge is 0.254 e. The van der Waals surface area contributed by atoms with Crippen LogP contribution in [-0.4, -0.2) is 94.4 Å². The number of hydrogen-bond donors (Lipinski definition) is 0. The van der Waals surface area contributed by atoms with Crippen LogP contribution < -0.4 is 4.74 Å². The SMILES string of the molecule is COc1ccc(C(=O)N2CCN(C(=O)[C@H]3CCCO3)CC2)cc1S(=O)(=O)N(C)C. The number of methoxy groups -OCH3 is 1. The van der Waals surface area contributed by atoms with Crippen molar-refractivity contribution in [3.05, 3.63) is 23.8 Å². The highest BCUT2D eigenvalue weighted by molar-refractivity contribution is 7.89. The average molecular weight is 426 g/mol. The molecule has 0 unspecified atom stereocenters. The molecule has 1 atom stereocenters. The fraction of sp³-hybridized carbons (Fsp3) is 0.579. The third-order valence-corrected chi connectivity index (χ3v) is 7.09. The van der Waals surface area contributed by atoms with Crippen molar-refractivity contribution in [2.75, 3.05) is 54.0 Å². The minimum Gasteiger partial charge on any atom is -0.495 e. The fourth-order valence-electron chi connectivity index (χ4n) is 3.50. The Labute approximate surface area is 171 Å². The number of carbonyl (C=O) groups excluding carboxylic acids is 2. The first-order valence-electron chi connectivity index (χ1n) is 9.56. The lowest BCUT2D eigenvalue weighted by Crippen LogP contribution is -2.52. The molecule has 0 spiro atoms. The van der Waals surface area contributed by atoms with E-state index in [-0.39, 0.29) is 34.1 Å². The van der Waals surface area contributed by atoms with E-state index in [0.717, 1.165) is 17.1 Å². The summed E-state index contributed by atoms with van der Waals surface area (Å²) in [6.45, 7) is 2.26. The van der Waals surface area contributed by atoms with E-state index in [9.17, 15) is 18.0 Å². The van der Waals surface area contributed by atoms with Gasteiger partial charge in [0, 0.05) is 52.4 Å². The monoisotopic (exact) mass is 425 g/mol. The van der Waals surface area contributed by atoms with Crippen molar-refractivity contribution < 1.29 is 27.5 Å². The molecule has 160 valence electrons. The molecule has 0 N–H and O–H groups in total. The van der Waals surface area contributed by atoms with Gasteiger partial charge in [-0.1, -0.05) is 0 Å². The van der Waals surface area contributed by atoms with Crippen LogP contribution in [0.3, 0.4) is 0 Å². The normalized spacial score (nSPS) is 20.2. The molecule has 0 aromatic heterocycles. The Morgan fingerprint density at radius 3 is 2.34 bits per heavy atom. The first-order chi connectivity index (χ1) is 13.8. The minimum atomic E-state index is -3.77. The average Bonchev–Trinajstić information content (AvgIpc) is 3.27. The second-order valence-electron chi connectivity index (χ2n) is 7.27. The number of sulfonamides is 1. The second kappa shape index (κ2) is 8.68. The molecule has 10 heteroatoms. The molecule has 0 radical (unpaired) electrons. The van der Waals surface area contributed by atoms with Crippen molar-refractivity contribution in [3.8, 4) is 5.75 Å². The zero-order chi connectivity index (χ0) is 21.2. The van der Waals surface area contributed by atoms with Crippen LogP contribution >= 0.6 is 0 Å². The van der Waals surface area contributed by atoms with Crippen LogP contribution in [0.2, 0.25) is 0 Å². The molecule has 1 aromatic carbocycles. The fourth-order valence-corrected chi connectivity index (χ4v) is 4.57. The maximum Gasteiger partial charge on any atom is 0.254 e. The standard InChI is InChI=1S/C19H27N3O6S/c1-20(2)29(25,26)17-13-14(6-7-15(17)27-3)18(23)21-8-10-22(11-9-21)19(24)16-5-4-12-28-16/h6-7,13,16H,4-5,8-12H2,1-3H3/t16-/m1/s1. The minimum absolute atomic E-state index is 0.0154. The van der Waals surface area contributed by atoms with E-state index in [2.05, 4.69) is 0 Å². The van der Waals surface area contributed by atoms with E-state index in [4.69, 9.17) is 9.47 Å². The summed E-state index contributed by atoms with van der Waals surface area (Å²) in [4.78, 5) is 28.7. The van der Waals surface area contributed by atoms with Gasteiger partial charge in [0.2, 0.25) is 10.0 Å². The van der Waals surface area contributed by atoms with Gasteiger partial charge in [-0.05, 0) is 31.0 Å². The Hall–Kier alpha value is -2.17. The molecular formula is C19H27N3O6S. The molecule has 0 aliphatic carbocycles. The van der Waals surface area contributed by atoms with Gasteiger partial charge in [-0.15, -0.1) is 0 Å². The van der Waals surface area contributed by atoms with E-state index in [0.29, 0.717) is 32.8 Å². The van der Waals surface area contributed by atoms with Gasteiger partial charge in [-0.25, -0.2) is 12.7 Å². The Bertz CT molecular complexity index is 872. The number of carbonyl (C=O) groups is 2. The third kappa shape index (κ3) is 4.39. The van der Waals surface area contributed by atoms with Crippen LogP contribution in [-0.2, 0) is 19.6 Å². The summed E-state index contributed by atoms with van der Waals surface area (Å²) >= 11 is 0. The van der Waals surface area contributed by atoms with E-state index < -0.39 is 10.0 Å². The van der Waals surface area contributed by atoms with Gasteiger partial charge < -0.3 is 19.3 Å². The highest BCUT2D eigenvalue weighted by Crippen LogP contribution is 2.27. The molecule has 1 aromatic rings. The number of piperazine rings is 1. The largest absolute Gasteiger partial charge is 0.495 e. The number of nitrogens with zero attached hydrogens (tertiary/aromatic N) is 3. The lowest BCUT2D eigenvalue weighted by Gasteiger charge is -2.35. The van der Waals surface area contributed by atoms with Crippen LogP contribution in [0.4, 0.5) is 0 Å². The maximum atomic E-state index is 12.9. The predicted octanol–water partition coefficient (Wildman–Crippen LogP) is 0.409. The van der Waals surface area contributed by atoms with Crippen LogP contribution in [0.5, 0.6) is 5.75 Å². The van der Waals surface area contributed by atoms with Gasteiger partial charge >= 0.3 is 0 Å². The molecule has 9 nitrogen and oxygen atoms in total. The Balaban J connectivity index is 1.72. The Morgan fingerprint density at radius 2 is 1.79 bits per heavy atom. The maximum absolute atomic E-state index is 12.9. The zero-order valence-corrected chi connectivity index (χ0v) is 17.8. The van der Waals surface area contributed by atoms with Gasteiger partial charge in [0.15, 0.2) is 0 Å². The summed E-state index contributed by atoms with van der Waals surface area (Å²) < 4.78 is 36.8. The Kier molecular flexibility index (Phi) is 6.45. The zero-order valence-electron chi connectivity index (χ0n) is 17.0. The van der Waals surface area contributed by atoms with E-state index >= 15 is 0 Å². The topological polar surface area (TPSA) is 96.5 Å². The lowest BCUT2D eigenvalue weighted by molar-refractivity contribution is -0.142. The van der Waals surface area contributed by atoms with Crippen LogP contribution in [0, 0.1) is 0 Å². The molecule has 3 rings (SSSR count). The number of benzene rings is 1. The molecule has 29 heavy (non-hydrogen) atoms. The van der Waals surface area contributed by atoms with Gasteiger partial charge in [-0.2, -0.15) is 0 Å². The molecule has 2 saturated heterocycles. The first-order valence-corrected chi connectivity index (χ1v) is 11.0. The predicted molar refractivity (Wildman–Crippen MR) is 105 cm³/mol.